The van der Waals surface area contributed by atoms with Gasteiger partial charge in [0.1, 0.15) is 5.75 Å². The number of thiazole rings is 1. The summed E-state index contributed by atoms with van der Waals surface area (Å²) in [6.07, 6.45) is 0. The molecule has 1 aromatic heterocycles. The molecule has 0 saturated heterocycles. The number of hydrogen-bond donors (Lipinski definition) is 0. The number of carbonyl (C=O) groups is 1. The third kappa shape index (κ3) is 3.35. The Labute approximate surface area is 161 Å². The first kappa shape index (κ1) is 19.1. The number of allylic oxidation sites excluding steroid dienone is 1. The average molecular weight is 386 g/mol. The van der Waals surface area contributed by atoms with Gasteiger partial charge in [0.15, 0.2) is 4.80 Å². The van der Waals surface area contributed by atoms with E-state index in [0.717, 1.165) is 11.1 Å². The summed E-state index contributed by atoms with van der Waals surface area (Å²) in [6.45, 7) is 7.58. The van der Waals surface area contributed by atoms with E-state index in [0.29, 0.717) is 26.4 Å². The van der Waals surface area contributed by atoms with Crippen molar-refractivity contribution in [3.63, 3.8) is 0 Å². The van der Waals surface area contributed by atoms with Gasteiger partial charge in [0, 0.05) is 0 Å². The number of fused-ring (bicyclic) bond motifs is 1. The van der Waals surface area contributed by atoms with Gasteiger partial charge in [0.2, 0.25) is 0 Å². The average Bonchev–Trinajstić information content (AvgIpc) is 2.97. The minimum absolute atomic E-state index is 0.145. The number of methoxy groups -OCH3 is 1. The minimum Gasteiger partial charge on any atom is -0.497 e. The van der Waals surface area contributed by atoms with E-state index in [1.54, 1.807) is 25.5 Å². The maximum atomic E-state index is 13.1. The van der Waals surface area contributed by atoms with Crippen molar-refractivity contribution in [2.24, 2.45) is 4.99 Å². The van der Waals surface area contributed by atoms with E-state index in [2.05, 4.69) is 4.99 Å². The van der Waals surface area contributed by atoms with Crippen LogP contribution in [0.25, 0.3) is 5.57 Å². The molecule has 0 bridgehead atoms. The zero-order chi connectivity index (χ0) is 19.7. The fourth-order valence-electron chi connectivity index (χ4n) is 3.10. The monoisotopic (exact) mass is 386 g/mol. The van der Waals surface area contributed by atoms with Crippen LogP contribution in [-0.4, -0.2) is 24.3 Å². The van der Waals surface area contributed by atoms with Gasteiger partial charge in [-0.3, -0.25) is 9.36 Å². The highest BCUT2D eigenvalue weighted by molar-refractivity contribution is 7.07. The summed E-state index contributed by atoms with van der Waals surface area (Å²) < 4.78 is 12.7. The molecule has 1 aliphatic rings. The predicted molar refractivity (Wildman–Crippen MR) is 105 cm³/mol. The lowest BCUT2D eigenvalue weighted by Crippen LogP contribution is -2.40. The lowest BCUT2D eigenvalue weighted by molar-refractivity contribution is -0.139. The van der Waals surface area contributed by atoms with Gasteiger partial charge in [-0.05, 0) is 45.4 Å². The molecule has 2 heterocycles. The van der Waals surface area contributed by atoms with Crippen LogP contribution in [0.5, 0.6) is 5.75 Å². The van der Waals surface area contributed by atoms with Crippen LogP contribution in [-0.2, 0) is 9.53 Å². The Morgan fingerprint density at radius 3 is 2.48 bits per heavy atom. The third-order valence-corrected chi connectivity index (χ3v) is 5.64. The first-order valence-corrected chi connectivity index (χ1v) is 9.50. The Kier molecular flexibility index (Phi) is 5.32. The molecule has 6 nitrogen and oxygen atoms in total. The zero-order valence-corrected chi connectivity index (χ0v) is 16.8. The van der Waals surface area contributed by atoms with Crippen LogP contribution in [0.3, 0.4) is 0 Å². The molecule has 0 amide bonds. The topological polar surface area (TPSA) is 69.9 Å². The summed E-state index contributed by atoms with van der Waals surface area (Å²) in [5.41, 5.74) is 2.53. The standard InChI is InChI=1S/C20H22N2O4S/c1-6-26-19(24)15-12(4)21-20-22(18(23)17(27-20)11(2)3)16(15)13-7-9-14(25-5)10-8-13/h7-10,16H,6H2,1-5H3. The van der Waals surface area contributed by atoms with Crippen LogP contribution in [0.15, 0.2) is 45.3 Å². The molecular formula is C20H22N2O4S. The van der Waals surface area contributed by atoms with Crippen LogP contribution in [0.4, 0.5) is 0 Å². The molecule has 0 N–H and O–H groups in total. The maximum absolute atomic E-state index is 13.1. The second kappa shape index (κ2) is 7.52. The summed E-state index contributed by atoms with van der Waals surface area (Å²) in [6, 6.07) is 6.76. The number of nitrogens with zero attached hydrogens (tertiary/aromatic N) is 2. The molecule has 1 unspecified atom stereocenters. The van der Waals surface area contributed by atoms with Crippen LogP contribution in [0, 0.1) is 0 Å². The zero-order valence-electron chi connectivity index (χ0n) is 16.0. The molecule has 0 spiro atoms. The molecule has 1 atom stereocenters. The van der Waals surface area contributed by atoms with E-state index in [-0.39, 0.29) is 12.2 Å². The van der Waals surface area contributed by atoms with Crippen molar-refractivity contribution in [1.29, 1.82) is 0 Å². The lowest BCUT2D eigenvalue weighted by atomic mass is 9.96. The molecule has 0 aliphatic carbocycles. The highest BCUT2D eigenvalue weighted by Gasteiger charge is 2.33. The van der Waals surface area contributed by atoms with Crippen molar-refractivity contribution in [2.45, 2.75) is 33.7 Å². The molecule has 0 saturated carbocycles. The molecule has 142 valence electrons. The van der Waals surface area contributed by atoms with Crippen LogP contribution >= 0.6 is 11.3 Å². The highest BCUT2D eigenvalue weighted by Crippen LogP contribution is 2.31. The SMILES string of the molecule is CCOC(=O)C1=C(C)N=c2sc(=C(C)C)c(=O)n2C1c1ccc(OC)cc1. The van der Waals surface area contributed by atoms with Gasteiger partial charge in [0.25, 0.3) is 5.56 Å². The Balaban J connectivity index is 2.32. The van der Waals surface area contributed by atoms with Crippen molar-refractivity contribution in [1.82, 2.24) is 4.57 Å². The summed E-state index contributed by atoms with van der Waals surface area (Å²) in [5.74, 6) is 0.246. The predicted octanol–water partition coefficient (Wildman–Crippen LogP) is 2.17. The summed E-state index contributed by atoms with van der Waals surface area (Å²) in [5, 5.41) is 0. The van der Waals surface area contributed by atoms with Crippen molar-refractivity contribution in [3.05, 3.63) is 60.8 Å². The van der Waals surface area contributed by atoms with Crippen molar-refractivity contribution in [3.8, 4) is 5.75 Å². The van der Waals surface area contributed by atoms with E-state index in [1.807, 2.05) is 38.1 Å². The number of aromatic nitrogens is 1. The molecule has 27 heavy (non-hydrogen) atoms. The first-order valence-electron chi connectivity index (χ1n) is 8.68. The van der Waals surface area contributed by atoms with Gasteiger partial charge in [-0.1, -0.05) is 29.0 Å². The quantitative estimate of drug-likeness (QED) is 0.755. The van der Waals surface area contributed by atoms with Crippen LogP contribution in [0.2, 0.25) is 0 Å². The number of carbonyl (C=O) groups excluding carboxylic acids is 1. The van der Waals surface area contributed by atoms with E-state index >= 15 is 0 Å². The van der Waals surface area contributed by atoms with Gasteiger partial charge in [0.05, 0.1) is 35.6 Å². The van der Waals surface area contributed by atoms with Gasteiger partial charge < -0.3 is 9.47 Å². The van der Waals surface area contributed by atoms with Crippen molar-refractivity contribution >= 4 is 22.9 Å². The number of rotatable bonds is 4. The summed E-state index contributed by atoms with van der Waals surface area (Å²) in [7, 11) is 1.59. The molecule has 3 rings (SSSR count). The normalized spacial score (nSPS) is 15.8. The van der Waals surface area contributed by atoms with Gasteiger partial charge in [-0.2, -0.15) is 0 Å². The molecule has 0 radical (unpaired) electrons. The summed E-state index contributed by atoms with van der Waals surface area (Å²) in [4.78, 5) is 30.9. The molecule has 0 fully saturated rings. The molecule has 1 aromatic carbocycles. The smallest absolute Gasteiger partial charge is 0.338 e. The van der Waals surface area contributed by atoms with E-state index in [4.69, 9.17) is 9.47 Å². The highest BCUT2D eigenvalue weighted by atomic mass is 32.1. The van der Waals surface area contributed by atoms with Gasteiger partial charge in [-0.25, -0.2) is 9.79 Å². The number of benzene rings is 1. The fraction of sp³-hybridized carbons (Fsp3) is 0.350. The number of ether oxygens (including phenoxy) is 2. The van der Waals surface area contributed by atoms with E-state index < -0.39 is 12.0 Å². The van der Waals surface area contributed by atoms with Gasteiger partial charge >= 0.3 is 5.97 Å². The third-order valence-electron chi connectivity index (χ3n) is 4.38. The largest absolute Gasteiger partial charge is 0.497 e. The van der Waals surface area contributed by atoms with E-state index in [9.17, 15) is 9.59 Å². The first-order chi connectivity index (χ1) is 12.9. The van der Waals surface area contributed by atoms with Gasteiger partial charge in [-0.15, -0.1) is 0 Å². The van der Waals surface area contributed by atoms with E-state index in [1.165, 1.54) is 11.3 Å². The van der Waals surface area contributed by atoms with Crippen LogP contribution < -0.4 is 19.6 Å². The Bertz CT molecular complexity index is 1090. The Morgan fingerprint density at radius 2 is 1.93 bits per heavy atom. The van der Waals surface area contributed by atoms with Crippen LogP contribution in [0.1, 0.15) is 39.3 Å². The maximum Gasteiger partial charge on any atom is 0.338 e. The fourth-order valence-corrected chi connectivity index (χ4v) is 4.14. The Hall–Kier alpha value is -2.67. The van der Waals surface area contributed by atoms with Crippen molar-refractivity contribution in [2.75, 3.05) is 13.7 Å². The van der Waals surface area contributed by atoms with Crippen molar-refractivity contribution < 1.29 is 14.3 Å². The molecule has 7 heteroatoms. The second-order valence-corrected chi connectivity index (χ2v) is 7.37. The minimum atomic E-state index is -0.584. The molecule has 2 aromatic rings. The number of esters is 1. The summed E-state index contributed by atoms with van der Waals surface area (Å²) >= 11 is 1.34. The molecular weight excluding hydrogens is 364 g/mol. The number of hydrogen-bond acceptors (Lipinski definition) is 6. The molecule has 1 aliphatic heterocycles. The lowest BCUT2D eigenvalue weighted by Gasteiger charge is -2.24. The Morgan fingerprint density at radius 1 is 1.26 bits per heavy atom. The second-order valence-electron chi connectivity index (χ2n) is 6.40.